The number of carbonyl (C=O) groups is 1. The van der Waals surface area contributed by atoms with Crippen LogP contribution in [0.15, 0.2) is 65.6 Å². The van der Waals surface area contributed by atoms with Gasteiger partial charge in [0.05, 0.1) is 6.04 Å². The third kappa shape index (κ3) is 3.70. The van der Waals surface area contributed by atoms with Crippen LogP contribution >= 0.6 is 0 Å². The summed E-state index contributed by atoms with van der Waals surface area (Å²) in [7, 11) is 0. The zero-order valence-corrected chi connectivity index (χ0v) is 19.3. The number of benzene rings is 2. The lowest BCUT2D eigenvalue weighted by Crippen LogP contribution is -2.47. The molecule has 0 spiro atoms. The number of rotatable bonds is 5. The monoisotopic (exact) mass is 440 g/mol. The zero-order valence-electron chi connectivity index (χ0n) is 19.3. The van der Waals surface area contributed by atoms with Gasteiger partial charge in [-0.1, -0.05) is 36.4 Å². The molecule has 0 aliphatic heterocycles. The Morgan fingerprint density at radius 1 is 0.939 bits per heavy atom. The van der Waals surface area contributed by atoms with Gasteiger partial charge in [0, 0.05) is 29.1 Å². The molecular weight excluding hydrogens is 408 g/mol. The minimum absolute atomic E-state index is 0.0268. The lowest BCUT2D eigenvalue weighted by molar-refractivity contribution is -0.124. The highest BCUT2D eigenvalue weighted by molar-refractivity contribution is 6.02. The van der Waals surface area contributed by atoms with E-state index in [1.807, 2.05) is 67.7 Å². The first-order valence-corrected chi connectivity index (χ1v) is 12.5. The van der Waals surface area contributed by atoms with E-state index < -0.39 is 0 Å². The average Bonchev–Trinajstić information content (AvgIpc) is 2.78. The zero-order chi connectivity index (χ0) is 22.6. The van der Waals surface area contributed by atoms with Gasteiger partial charge in [0.2, 0.25) is 5.91 Å². The van der Waals surface area contributed by atoms with Gasteiger partial charge in [-0.15, -0.1) is 0 Å². The first kappa shape index (κ1) is 20.7. The minimum Gasteiger partial charge on any atom is -0.325 e. The van der Waals surface area contributed by atoms with E-state index in [0.717, 1.165) is 34.4 Å². The third-order valence-electron chi connectivity index (χ3n) is 8.65. The average molecular weight is 441 g/mol. The fourth-order valence-corrected chi connectivity index (χ4v) is 7.64. The lowest BCUT2D eigenvalue weighted by atomic mass is 9.49. The maximum absolute atomic E-state index is 13.3. The van der Waals surface area contributed by atoms with Crippen molar-refractivity contribution in [1.82, 2.24) is 4.57 Å². The van der Waals surface area contributed by atoms with Gasteiger partial charge in [-0.2, -0.15) is 0 Å². The number of carbonyl (C=O) groups excluding carboxylic acids is 1. The molecule has 4 aliphatic rings. The van der Waals surface area contributed by atoms with Crippen molar-refractivity contribution < 1.29 is 4.79 Å². The van der Waals surface area contributed by atoms with Gasteiger partial charge in [0.1, 0.15) is 0 Å². The lowest BCUT2D eigenvalue weighted by Gasteiger charge is -2.56. The van der Waals surface area contributed by atoms with E-state index in [0.29, 0.717) is 11.8 Å². The van der Waals surface area contributed by atoms with Gasteiger partial charge in [-0.3, -0.25) is 9.59 Å². The van der Waals surface area contributed by atoms with E-state index in [2.05, 4.69) is 5.32 Å². The van der Waals surface area contributed by atoms with Crippen LogP contribution in [0.1, 0.15) is 63.5 Å². The van der Waals surface area contributed by atoms with Crippen LogP contribution in [0.2, 0.25) is 0 Å². The van der Waals surface area contributed by atoms with Crippen LogP contribution in [-0.4, -0.2) is 10.5 Å². The molecule has 2 aromatic carbocycles. The summed E-state index contributed by atoms with van der Waals surface area (Å²) in [5, 5.41) is 4.64. The third-order valence-corrected chi connectivity index (χ3v) is 8.65. The van der Waals surface area contributed by atoms with Crippen molar-refractivity contribution in [3.05, 3.63) is 76.7 Å². The summed E-state index contributed by atoms with van der Waals surface area (Å²) >= 11 is 0. The highest BCUT2D eigenvalue weighted by Crippen LogP contribution is 2.61. The number of aromatic nitrogens is 1. The fraction of sp³-hybridized carbons (Fsp3) is 0.448. The van der Waals surface area contributed by atoms with Gasteiger partial charge in [-0.05, 0) is 92.4 Å². The van der Waals surface area contributed by atoms with Gasteiger partial charge in [-0.25, -0.2) is 0 Å². The molecule has 0 radical (unpaired) electrons. The Morgan fingerprint density at radius 2 is 1.61 bits per heavy atom. The normalized spacial score (nSPS) is 28.7. The molecule has 1 N–H and O–H groups in total. The molecule has 170 valence electrons. The number of fused-ring (bicyclic) bond motifs is 1. The summed E-state index contributed by atoms with van der Waals surface area (Å²) in [6, 6.07) is 17.6. The van der Waals surface area contributed by atoms with Crippen LogP contribution < -0.4 is 10.9 Å². The summed E-state index contributed by atoms with van der Waals surface area (Å²) in [6.45, 7) is 2.04. The van der Waals surface area contributed by atoms with Crippen LogP contribution in [0, 0.1) is 23.2 Å². The van der Waals surface area contributed by atoms with E-state index in [1.165, 1.54) is 38.5 Å². The maximum atomic E-state index is 13.3. The molecular formula is C29H32N2O2. The SMILES string of the molecule is C[C@@H](c1ccccc1)n1ccc2c(NC(=O)CC34CC5CC(CC(C5)C3)C4)cccc2c1=O. The Kier molecular flexibility index (Phi) is 4.93. The van der Waals surface area contributed by atoms with Crippen LogP contribution in [0.4, 0.5) is 5.69 Å². The number of nitrogens with zero attached hydrogens (tertiary/aromatic N) is 1. The van der Waals surface area contributed by atoms with Crippen molar-refractivity contribution in [3.63, 3.8) is 0 Å². The summed E-state index contributed by atoms with van der Waals surface area (Å²) in [6.07, 6.45) is 10.3. The Labute approximate surface area is 195 Å². The standard InChI is InChI=1S/C29H32N2O2/c1-19(23-6-3-2-4-7-23)31-11-10-24-25(28(31)33)8-5-9-26(24)30-27(32)18-29-15-20-12-21(16-29)14-22(13-20)17-29/h2-11,19-22H,12-18H2,1H3,(H,30,32)/t19-,20?,21?,22?,29?/m0/s1. The molecule has 4 heteroatoms. The molecule has 1 atom stereocenters. The van der Waals surface area contributed by atoms with Crippen molar-refractivity contribution in [2.45, 2.75) is 57.9 Å². The van der Waals surface area contributed by atoms with E-state index in [-0.39, 0.29) is 22.9 Å². The molecule has 7 rings (SSSR count). The predicted molar refractivity (Wildman–Crippen MR) is 132 cm³/mol. The number of anilines is 1. The predicted octanol–water partition coefficient (Wildman–Crippen LogP) is 6.16. The number of nitrogens with one attached hydrogen (secondary N) is 1. The second-order valence-electron chi connectivity index (χ2n) is 11.0. The van der Waals surface area contributed by atoms with E-state index in [1.54, 1.807) is 4.57 Å². The molecule has 33 heavy (non-hydrogen) atoms. The molecule has 1 heterocycles. The fourth-order valence-electron chi connectivity index (χ4n) is 7.64. The second kappa shape index (κ2) is 7.86. The van der Waals surface area contributed by atoms with Crippen molar-refractivity contribution >= 4 is 22.4 Å². The number of hydrogen-bond donors (Lipinski definition) is 1. The van der Waals surface area contributed by atoms with Gasteiger partial charge >= 0.3 is 0 Å². The summed E-state index contributed by atoms with van der Waals surface area (Å²) in [5.41, 5.74) is 2.03. The molecule has 1 aromatic heterocycles. The van der Waals surface area contributed by atoms with Crippen LogP contribution in [0.3, 0.4) is 0 Å². The summed E-state index contributed by atoms with van der Waals surface area (Å²) in [5.74, 6) is 2.62. The van der Waals surface area contributed by atoms with Gasteiger partial charge < -0.3 is 9.88 Å². The summed E-state index contributed by atoms with van der Waals surface area (Å²) in [4.78, 5) is 26.5. The van der Waals surface area contributed by atoms with Crippen molar-refractivity contribution in [2.75, 3.05) is 5.32 Å². The second-order valence-corrected chi connectivity index (χ2v) is 11.0. The number of hydrogen-bond acceptors (Lipinski definition) is 2. The molecule has 4 aliphatic carbocycles. The van der Waals surface area contributed by atoms with Gasteiger partial charge in [0.25, 0.3) is 5.56 Å². The summed E-state index contributed by atoms with van der Waals surface area (Å²) < 4.78 is 1.78. The molecule has 4 bridgehead atoms. The smallest absolute Gasteiger partial charge is 0.259 e. The molecule has 0 saturated heterocycles. The molecule has 0 unspecified atom stereocenters. The van der Waals surface area contributed by atoms with Crippen LogP contribution in [0.25, 0.3) is 10.8 Å². The quantitative estimate of drug-likeness (QED) is 0.517. The molecule has 1 amide bonds. The number of pyridine rings is 1. The Morgan fingerprint density at radius 3 is 2.27 bits per heavy atom. The van der Waals surface area contributed by atoms with Crippen molar-refractivity contribution in [1.29, 1.82) is 0 Å². The molecule has 4 fully saturated rings. The molecule has 4 saturated carbocycles. The Bertz CT molecular complexity index is 1220. The Hall–Kier alpha value is -2.88. The Balaban J connectivity index is 1.25. The molecule has 4 nitrogen and oxygen atoms in total. The topological polar surface area (TPSA) is 51.1 Å². The number of amides is 1. The van der Waals surface area contributed by atoms with E-state index >= 15 is 0 Å². The van der Waals surface area contributed by atoms with E-state index in [9.17, 15) is 9.59 Å². The highest BCUT2D eigenvalue weighted by atomic mass is 16.1. The van der Waals surface area contributed by atoms with Crippen LogP contribution in [-0.2, 0) is 4.79 Å². The minimum atomic E-state index is -0.0579. The van der Waals surface area contributed by atoms with E-state index in [4.69, 9.17) is 0 Å². The van der Waals surface area contributed by atoms with Gasteiger partial charge in [0.15, 0.2) is 0 Å². The first-order chi connectivity index (χ1) is 16.0. The van der Waals surface area contributed by atoms with Crippen LogP contribution in [0.5, 0.6) is 0 Å². The molecule has 3 aromatic rings. The highest BCUT2D eigenvalue weighted by Gasteiger charge is 2.51. The maximum Gasteiger partial charge on any atom is 0.259 e. The largest absolute Gasteiger partial charge is 0.325 e. The first-order valence-electron chi connectivity index (χ1n) is 12.5. The van der Waals surface area contributed by atoms with Crippen molar-refractivity contribution in [2.24, 2.45) is 23.2 Å². The van der Waals surface area contributed by atoms with Crippen molar-refractivity contribution in [3.8, 4) is 0 Å².